The van der Waals surface area contributed by atoms with Gasteiger partial charge in [0.05, 0.1) is 40.9 Å². The molecule has 0 saturated heterocycles. The van der Waals surface area contributed by atoms with Crippen LogP contribution in [0.2, 0.25) is 0 Å². The van der Waals surface area contributed by atoms with Crippen molar-refractivity contribution in [2.24, 2.45) is 5.41 Å². The van der Waals surface area contributed by atoms with Crippen molar-refractivity contribution in [3.05, 3.63) is 235 Å². The molecule has 1 saturated carbocycles. The van der Waals surface area contributed by atoms with Gasteiger partial charge in [-0.25, -0.2) is 9.78 Å². The number of pyridine rings is 5. The Labute approximate surface area is 624 Å². The molecule has 1 aromatic carbocycles. The van der Waals surface area contributed by atoms with Crippen molar-refractivity contribution < 1.29 is 89.6 Å². The number of carboxylic acid groups (broad SMARTS) is 1. The first kappa shape index (κ1) is 78.3. The molecule has 0 radical (unpaired) electrons. The molecule has 2 aliphatic rings. The average molecular weight is 2070 g/mol. The summed E-state index contributed by atoms with van der Waals surface area (Å²) in [6.45, 7) is 16.5. The van der Waals surface area contributed by atoms with Gasteiger partial charge >= 0.3 is 83.4 Å². The van der Waals surface area contributed by atoms with Crippen LogP contribution in [0.3, 0.4) is 0 Å². The Morgan fingerprint density at radius 1 is 0.500 bits per heavy atom. The van der Waals surface area contributed by atoms with Crippen molar-refractivity contribution in [2.75, 3.05) is 0 Å². The van der Waals surface area contributed by atoms with E-state index in [1.807, 2.05) is 99.8 Å². The van der Waals surface area contributed by atoms with Gasteiger partial charge < -0.3 is 66.1 Å². The van der Waals surface area contributed by atoms with Gasteiger partial charge in [-0.1, -0.05) is 110 Å². The summed E-state index contributed by atoms with van der Waals surface area (Å²) in [5.41, 5.74) is 14.1. The molecular weight excluding hydrogens is 2010 g/mol. The van der Waals surface area contributed by atoms with Gasteiger partial charge in [0.2, 0.25) is 0 Å². The minimum atomic E-state index is -0.990. The number of carboxylic acids is 1. The van der Waals surface area contributed by atoms with Crippen molar-refractivity contribution in [3.63, 3.8) is 0 Å². The number of hydrogen-bond acceptors (Lipinski definition) is 18. The second-order valence-corrected chi connectivity index (χ2v) is 25.0. The van der Waals surface area contributed by atoms with Crippen LogP contribution in [-0.2, 0) is 85.1 Å². The van der Waals surface area contributed by atoms with E-state index in [-0.39, 0.29) is 79.7 Å². The number of fused-ring (bicyclic) bond motifs is 6. The fourth-order valence-corrected chi connectivity index (χ4v) is 10.2. The molecule has 13 aromatic heterocycles. The van der Waals surface area contributed by atoms with E-state index in [9.17, 15) is 4.79 Å². The van der Waals surface area contributed by atoms with Crippen LogP contribution in [0.1, 0.15) is 90.0 Å². The summed E-state index contributed by atoms with van der Waals surface area (Å²) >= 11 is -0.472. The van der Waals surface area contributed by atoms with E-state index < -0.39 is 22.5 Å². The molecule has 25 nitrogen and oxygen atoms in total. The number of halogens is 2. The van der Waals surface area contributed by atoms with Gasteiger partial charge in [-0.05, 0) is 136 Å². The smallest absolute Gasteiger partial charge is 0 e. The molecule has 0 aliphatic heterocycles. The molecule has 16 rings (SSSR count). The molecule has 13 heterocycles. The second kappa shape index (κ2) is 38.5. The van der Waals surface area contributed by atoms with E-state index in [1.54, 1.807) is 81.8 Å². The topological polar surface area (TPSA) is 341 Å². The van der Waals surface area contributed by atoms with Gasteiger partial charge in [0, 0.05) is 128 Å². The molecule has 2 unspecified atom stereocenters. The largest absolute Gasteiger partial charge is 2.00 e. The minimum absolute atomic E-state index is 0. The number of aromatic carboxylic acids is 1. The van der Waals surface area contributed by atoms with E-state index in [2.05, 4.69) is 167 Å². The van der Waals surface area contributed by atoms with Crippen molar-refractivity contribution in [1.82, 2.24) is 116 Å². The monoisotopic (exact) mass is 2070 g/mol. The van der Waals surface area contributed by atoms with E-state index in [0.29, 0.717) is 29.2 Å². The number of nitrogens with zero attached hydrogens (tertiary/aromatic N) is 23. The van der Waals surface area contributed by atoms with Gasteiger partial charge in [-0.15, -0.1) is 0 Å². The van der Waals surface area contributed by atoms with Crippen LogP contribution >= 0.6 is 18.8 Å². The summed E-state index contributed by atoms with van der Waals surface area (Å²) < 4.78 is 0. The Hall–Kier alpha value is -8.69. The van der Waals surface area contributed by atoms with E-state index in [4.69, 9.17) is 23.9 Å². The van der Waals surface area contributed by atoms with Crippen molar-refractivity contribution >= 4 is 35.6 Å². The van der Waals surface area contributed by atoms with Gasteiger partial charge in [0.25, 0.3) is 0 Å². The third-order valence-corrected chi connectivity index (χ3v) is 15.1. The van der Waals surface area contributed by atoms with Crippen LogP contribution < -0.4 is 30.6 Å². The number of aryl methyl sites for hydroxylation is 5. The van der Waals surface area contributed by atoms with Crippen LogP contribution in [0.15, 0.2) is 189 Å². The zero-order chi connectivity index (χ0) is 67.2. The zero-order valence-corrected chi connectivity index (χ0v) is 64.2. The Morgan fingerprint density at radius 3 is 1.35 bits per heavy atom. The molecule has 98 heavy (non-hydrogen) atoms. The van der Waals surface area contributed by atoms with Crippen LogP contribution in [0.4, 0.5) is 0 Å². The third-order valence-electron chi connectivity index (χ3n) is 15.1. The Bertz CT molecular complexity index is 4180. The minimum Gasteiger partial charge on any atom is 0 e. The van der Waals surface area contributed by atoms with Gasteiger partial charge in [0.1, 0.15) is 5.69 Å². The molecule has 31 heteroatoms. The van der Waals surface area contributed by atoms with E-state index in [1.165, 1.54) is 47.1 Å². The van der Waals surface area contributed by atoms with Gasteiger partial charge in [-0.3, -0.25) is 50.1 Å². The van der Waals surface area contributed by atoms with E-state index in [0.717, 1.165) is 74.0 Å². The molecule has 1 fully saturated rings. The van der Waals surface area contributed by atoms with Crippen molar-refractivity contribution in [1.29, 1.82) is 0 Å². The van der Waals surface area contributed by atoms with Crippen molar-refractivity contribution in [3.8, 4) is 68.6 Å². The maximum absolute atomic E-state index is 10.1. The SMILES string of the molecule is CC12CCC(c3c1n[n-]c3-c1nccc3ccccc13)C2(C)C.Cc1cc(-c2ccccn2)[n-]n1.Cc1cc(-c2cnccn2)[n-]n1.Cc1cc(-c2cnccn2)[n-]n1.Cc1n[n-]c(-c2ccccn2)n1.Cc1n[n-]c(-c2ccccn2)n1.O=C(O)c1ccccn1.[Cl][Pt][Cl].[Pt+2].[Pt+2].[Pt]. The van der Waals surface area contributed by atoms with Crippen LogP contribution in [0.25, 0.3) is 79.4 Å². The second-order valence-electron chi connectivity index (χ2n) is 21.7. The first-order valence-electron chi connectivity index (χ1n) is 29.3. The summed E-state index contributed by atoms with van der Waals surface area (Å²) in [4.78, 5) is 55.0. The van der Waals surface area contributed by atoms with Gasteiger partial charge in [0.15, 0.2) is 0 Å². The molecule has 512 valence electrons. The fraction of sp³-hybridized carbons (Fsp3) is 0.194. The van der Waals surface area contributed by atoms with Crippen LogP contribution in [0, 0.1) is 40.0 Å². The predicted octanol–water partition coefficient (Wildman–Crippen LogP) is 11.2. The number of rotatable bonds is 7. The Morgan fingerprint density at radius 2 is 0.949 bits per heavy atom. The first-order valence-corrected chi connectivity index (χ1v) is 34.9. The summed E-state index contributed by atoms with van der Waals surface area (Å²) in [5, 5.41) is 58.7. The number of carbonyl (C=O) groups is 1. The molecule has 14 aromatic rings. The quantitative estimate of drug-likeness (QED) is 0.155. The molecule has 2 aliphatic carbocycles. The Balaban J connectivity index is 0.000000182. The van der Waals surface area contributed by atoms with Crippen LogP contribution in [-0.4, -0.2) is 96.5 Å². The standard InChI is InChI=1S/C20H20N3.C9H8N3.4C8H7N4.C6H5NO2.2ClH.4Pt/c1-19(2)14-8-10-20(19,3)18-15(14)17(22-23-18)16-13-7-5-4-6-12(13)9-11-21-16;1-7-6-9(12-11-7)8-4-2-3-5-10-8;2*1-6-4-7(12-11-6)8-5-9-2-3-10-8;2*1-6-10-8(12-11-6)7-4-2-3-5-9-7;8-6(9)5-3-1-2-4-7-5;;;;;;/h4-7,9,11,14H,8,10H2,1-3H3;2-6H,1H3;4*2-5H,1H3;1-4H,(H,8,9);2*1H;;;;/q6*-1;;;;;3*+2/p-2. The molecule has 2 atom stereocenters. The summed E-state index contributed by atoms with van der Waals surface area (Å²) in [7, 11) is 9.75. The molecule has 0 spiro atoms. The van der Waals surface area contributed by atoms with Crippen LogP contribution in [0.5, 0.6) is 0 Å². The maximum Gasteiger partial charge on any atom is 2.00 e. The normalized spacial score (nSPS) is 13.7. The average Bonchev–Trinajstić information content (AvgIpc) is 1.52. The summed E-state index contributed by atoms with van der Waals surface area (Å²) in [6, 6.07) is 37.9. The molecule has 2 bridgehead atoms. The molecular formula is C67H61Cl2N23O2Pt4-2. The van der Waals surface area contributed by atoms with Crippen molar-refractivity contribution in [2.45, 2.75) is 79.6 Å². The van der Waals surface area contributed by atoms with E-state index >= 15 is 0 Å². The molecule has 1 N–H and O–H groups in total. The summed E-state index contributed by atoms with van der Waals surface area (Å²) in [6.07, 6.45) is 20.8. The molecule has 0 amide bonds. The zero-order valence-electron chi connectivity index (χ0n) is 53.6. The Kier molecular flexibility index (Phi) is 30.7. The summed E-state index contributed by atoms with van der Waals surface area (Å²) in [5.74, 6) is 2.09. The van der Waals surface area contributed by atoms with Gasteiger partial charge in [-0.2, -0.15) is 0 Å². The third kappa shape index (κ3) is 20.7. The maximum atomic E-state index is 10.1. The fourth-order valence-electron chi connectivity index (χ4n) is 10.2. The number of hydrogen-bond donors (Lipinski definition) is 1. The first-order chi connectivity index (χ1) is 46.1. The predicted molar refractivity (Wildman–Crippen MR) is 353 cm³/mol. The number of benzene rings is 1. The number of aromatic nitrogens is 23.